The van der Waals surface area contributed by atoms with E-state index in [-0.39, 0.29) is 24.4 Å². The van der Waals surface area contributed by atoms with E-state index >= 15 is 0 Å². The Balaban J connectivity index is 2.02. The molecular weight excluding hydrogens is 232 g/mol. The van der Waals surface area contributed by atoms with Gasteiger partial charge in [-0.15, -0.1) is 0 Å². The topological polar surface area (TPSA) is 85.6 Å². The van der Waals surface area contributed by atoms with Gasteiger partial charge in [0.1, 0.15) is 5.75 Å². The molecular formula is C13H20N2O3. The molecule has 1 heterocycles. The van der Waals surface area contributed by atoms with Gasteiger partial charge in [-0.3, -0.25) is 4.98 Å². The molecule has 18 heavy (non-hydrogen) atoms. The van der Waals surface area contributed by atoms with Crippen molar-refractivity contribution in [2.24, 2.45) is 5.41 Å². The number of rotatable bonds is 6. The molecule has 0 amide bonds. The maximum absolute atomic E-state index is 9.95. The van der Waals surface area contributed by atoms with E-state index in [0.717, 1.165) is 19.4 Å². The van der Waals surface area contributed by atoms with E-state index in [2.05, 4.69) is 10.3 Å². The fourth-order valence-electron chi connectivity index (χ4n) is 2.04. The van der Waals surface area contributed by atoms with Gasteiger partial charge in [0.15, 0.2) is 0 Å². The number of aryl methyl sites for hydroxylation is 1. The summed E-state index contributed by atoms with van der Waals surface area (Å²) in [6.45, 7) is 3.01. The number of nitrogens with one attached hydrogen (secondary N) is 1. The summed E-state index contributed by atoms with van der Waals surface area (Å²) in [5.74, 6) is 0.142. The number of aliphatic hydroxyl groups excluding tert-OH is 2. The van der Waals surface area contributed by atoms with Crippen LogP contribution in [0.1, 0.15) is 29.7 Å². The minimum Gasteiger partial charge on any atom is -0.506 e. The smallest absolute Gasteiger partial charge is 0.141 e. The van der Waals surface area contributed by atoms with Crippen LogP contribution in [0.15, 0.2) is 6.20 Å². The average molecular weight is 252 g/mol. The number of pyridine rings is 1. The van der Waals surface area contributed by atoms with Gasteiger partial charge in [-0.1, -0.05) is 0 Å². The largest absolute Gasteiger partial charge is 0.506 e. The minimum absolute atomic E-state index is 0.0388. The van der Waals surface area contributed by atoms with Crippen molar-refractivity contribution in [3.8, 4) is 5.75 Å². The Morgan fingerprint density at radius 1 is 1.39 bits per heavy atom. The molecule has 1 fully saturated rings. The lowest BCUT2D eigenvalue weighted by molar-refractivity contribution is 0.207. The predicted octanol–water partition coefficient (Wildman–Crippen LogP) is 0.450. The van der Waals surface area contributed by atoms with Gasteiger partial charge in [-0.05, 0) is 19.8 Å². The van der Waals surface area contributed by atoms with Crippen LogP contribution in [0.5, 0.6) is 5.75 Å². The lowest BCUT2D eigenvalue weighted by Gasteiger charge is -2.15. The molecule has 1 aliphatic rings. The van der Waals surface area contributed by atoms with Crippen LogP contribution in [0, 0.1) is 12.3 Å². The van der Waals surface area contributed by atoms with Gasteiger partial charge in [0.2, 0.25) is 0 Å². The third-order valence-electron chi connectivity index (χ3n) is 3.69. The van der Waals surface area contributed by atoms with Gasteiger partial charge in [-0.25, -0.2) is 0 Å². The number of aromatic nitrogens is 1. The first-order valence-electron chi connectivity index (χ1n) is 6.20. The zero-order valence-electron chi connectivity index (χ0n) is 10.6. The maximum Gasteiger partial charge on any atom is 0.141 e. The zero-order valence-corrected chi connectivity index (χ0v) is 10.6. The van der Waals surface area contributed by atoms with Crippen LogP contribution >= 0.6 is 0 Å². The summed E-state index contributed by atoms with van der Waals surface area (Å²) in [6.07, 6.45) is 3.68. The van der Waals surface area contributed by atoms with Gasteiger partial charge in [-0.2, -0.15) is 0 Å². The summed E-state index contributed by atoms with van der Waals surface area (Å²) in [5, 5.41) is 31.6. The fourth-order valence-corrected chi connectivity index (χ4v) is 2.04. The third-order valence-corrected chi connectivity index (χ3v) is 3.69. The lowest BCUT2D eigenvalue weighted by atomic mass is 10.1. The van der Waals surface area contributed by atoms with Crippen LogP contribution in [-0.2, 0) is 13.2 Å². The molecule has 1 aromatic rings. The van der Waals surface area contributed by atoms with E-state index in [4.69, 9.17) is 0 Å². The average Bonchev–Trinajstić information content (AvgIpc) is 3.15. The SMILES string of the molecule is Cc1ncc(CO)c(CNCC2(CO)CC2)c1O. The minimum atomic E-state index is -0.136. The van der Waals surface area contributed by atoms with Crippen LogP contribution in [0.3, 0.4) is 0 Å². The monoisotopic (exact) mass is 252 g/mol. The molecule has 2 rings (SSSR count). The van der Waals surface area contributed by atoms with Crippen molar-refractivity contribution in [3.05, 3.63) is 23.0 Å². The number of hydrogen-bond acceptors (Lipinski definition) is 5. The highest BCUT2D eigenvalue weighted by atomic mass is 16.3. The normalized spacial score (nSPS) is 16.8. The zero-order chi connectivity index (χ0) is 13.2. The summed E-state index contributed by atoms with van der Waals surface area (Å²) in [5.41, 5.74) is 1.93. The molecule has 5 heteroatoms. The van der Waals surface area contributed by atoms with E-state index in [1.165, 1.54) is 0 Å². The Bertz CT molecular complexity index is 430. The van der Waals surface area contributed by atoms with Gasteiger partial charge < -0.3 is 20.6 Å². The number of aromatic hydroxyl groups is 1. The second kappa shape index (κ2) is 5.22. The molecule has 0 saturated heterocycles. The molecule has 100 valence electrons. The first-order chi connectivity index (χ1) is 8.62. The molecule has 4 N–H and O–H groups in total. The van der Waals surface area contributed by atoms with Crippen LogP contribution in [0.2, 0.25) is 0 Å². The molecule has 0 aromatic carbocycles. The summed E-state index contributed by atoms with van der Waals surface area (Å²) in [7, 11) is 0. The second-order valence-corrected chi connectivity index (χ2v) is 5.12. The maximum atomic E-state index is 9.95. The molecule has 0 radical (unpaired) electrons. The Hall–Kier alpha value is -1.17. The molecule has 0 aliphatic heterocycles. The van der Waals surface area contributed by atoms with Gasteiger partial charge in [0, 0.05) is 42.4 Å². The Morgan fingerprint density at radius 2 is 2.11 bits per heavy atom. The number of hydrogen-bond donors (Lipinski definition) is 4. The first kappa shape index (κ1) is 13.3. The Kier molecular flexibility index (Phi) is 3.85. The van der Waals surface area contributed by atoms with Crippen LogP contribution < -0.4 is 5.32 Å². The Labute approximate surface area is 106 Å². The molecule has 0 atom stereocenters. The summed E-state index contributed by atoms with van der Waals surface area (Å²) in [6, 6.07) is 0. The van der Waals surface area contributed by atoms with Gasteiger partial charge in [0.25, 0.3) is 0 Å². The van der Waals surface area contributed by atoms with Gasteiger partial charge >= 0.3 is 0 Å². The van der Waals surface area contributed by atoms with E-state index in [0.29, 0.717) is 23.4 Å². The van der Waals surface area contributed by atoms with E-state index < -0.39 is 0 Å². The van der Waals surface area contributed by atoms with E-state index in [1.807, 2.05) is 0 Å². The van der Waals surface area contributed by atoms with Crippen molar-refractivity contribution in [1.29, 1.82) is 0 Å². The molecule has 1 aliphatic carbocycles. The molecule has 1 aromatic heterocycles. The van der Waals surface area contributed by atoms with Gasteiger partial charge in [0.05, 0.1) is 12.3 Å². The van der Waals surface area contributed by atoms with Crippen molar-refractivity contribution >= 4 is 0 Å². The standard InChI is InChI=1S/C13H20N2O3/c1-9-12(18)11(10(6-16)4-15-9)5-14-7-13(8-17)2-3-13/h4,14,16-18H,2-3,5-8H2,1H3. The van der Waals surface area contributed by atoms with Crippen molar-refractivity contribution in [2.75, 3.05) is 13.2 Å². The van der Waals surface area contributed by atoms with Crippen molar-refractivity contribution in [3.63, 3.8) is 0 Å². The summed E-state index contributed by atoms with van der Waals surface area (Å²) >= 11 is 0. The van der Waals surface area contributed by atoms with E-state index in [1.54, 1.807) is 13.1 Å². The van der Waals surface area contributed by atoms with Crippen molar-refractivity contribution < 1.29 is 15.3 Å². The van der Waals surface area contributed by atoms with Crippen LogP contribution in [-0.4, -0.2) is 33.5 Å². The molecule has 5 nitrogen and oxygen atoms in total. The van der Waals surface area contributed by atoms with Crippen LogP contribution in [0.25, 0.3) is 0 Å². The second-order valence-electron chi connectivity index (χ2n) is 5.12. The van der Waals surface area contributed by atoms with E-state index in [9.17, 15) is 15.3 Å². The fraction of sp³-hybridized carbons (Fsp3) is 0.615. The molecule has 0 bridgehead atoms. The predicted molar refractivity (Wildman–Crippen MR) is 67.0 cm³/mol. The summed E-state index contributed by atoms with van der Waals surface area (Å²) in [4.78, 5) is 4.02. The highest BCUT2D eigenvalue weighted by molar-refractivity contribution is 5.40. The lowest BCUT2D eigenvalue weighted by Crippen LogP contribution is -2.26. The highest BCUT2D eigenvalue weighted by Gasteiger charge is 2.41. The van der Waals surface area contributed by atoms with Crippen molar-refractivity contribution in [2.45, 2.75) is 32.9 Å². The Morgan fingerprint density at radius 3 is 2.67 bits per heavy atom. The molecule has 1 saturated carbocycles. The quantitative estimate of drug-likeness (QED) is 0.590. The van der Waals surface area contributed by atoms with Crippen molar-refractivity contribution in [1.82, 2.24) is 10.3 Å². The summed E-state index contributed by atoms with van der Waals surface area (Å²) < 4.78 is 0. The third kappa shape index (κ3) is 2.63. The number of nitrogens with zero attached hydrogens (tertiary/aromatic N) is 1. The van der Waals surface area contributed by atoms with Crippen LogP contribution in [0.4, 0.5) is 0 Å². The first-order valence-corrected chi connectivity index (χ1v) is 6.20. The molecule has 0 unspecified atom stereocenters. The molecule has 0 spiro atoms. The number of aliphatic hydroxyl groups is 2. The highest BCUT2D eigenvalue weighted by Crippen LogP contribution is 2.44.